The molecular weight excluding hydrogens is 232 g/mol. The topological polar surface area (TPSA) is 20.2 Å². The molecule has 0 spiro atoms. The van der Waals surface area contributed by atoms with Gasteiger partial charge in [0.25, 0.3) is 0 Å². The van der Waals surface area contributed by atoms with Gasteiger partial charge < -0.3 is 5.11 Å². The number of benzene rings is 1. The zero-order chi connectivity index (χ0) is 13.5. The zero-order valence-corrected chi connectivity index (χ0v) is 12.3. The van der Waals surface area contributed by atoms with Crippen molar-refractivity contribution in [3.8, 4) is 0 Å². The molecule has 0 heterocycles. The molecule has 0 saturated heterocycles. The van der Waals surface area contributed by atoms with E-state index < -0.39 is 0 Å². The summed E-state index contributed by atoms with van der Waals surface area (Å²) in [6.45, 7) is 4.80. The third-order valence-corrected chi connectivity index (χ3v) is 4.99. The van der Waals surface area contributed by atoms with Gasteiger partial charge in [-0.2, -0.15) is 0 Å². The molecule has 1 aromatic rings. The fraction of sp³-hybridized carbons (Fsp3) is 0.667. The first-order valence-corrected chi connectivity index (χ1v) is 7.77. The standard InChI is InChI=1S/C18H26O/c1-17(2)8-4-7-16(13-17)15-6-3-5-14(11-15)12-18(19)9-10-18/h3,5-6,11,16,19H,4,7-10,12-13H2,1-2H3. The van der Waals surface area contributed by atoms with Crippen molar-refractivity contribution < 1.29 is 5.11 Å². The number of hydrogen-bond donors (Lipinski definition) is 1. The van der Waals surface area contributed by atoms with Crippen molar-refractivity contribution in [2.75, 3.05) is 0 Å². The molecule has 2 aliphatic carbocycles. The molecule has 0 radical (unpaired) electrons. The van der Waals surface area contributed by atoms with E-state index in [4.69, 9.17) is 0 Å². The summed E-state index contributed by atoms with van der Waals surface area (Å²) in [4.78, 5) is 0. The predicted molar refractivity (Wildman–Crippen MR) is 79.3 cm³/mol. The summed E-state index contributed by atoms with van der Waals surface area (Å²) in [6, 6.07) is 8.99. The van der Waals surface area contributed by atoms with Crippen LogP contribution < -0.4 is 0 Å². The minimum Gasteiger partial charge on any atom is -0.390 e. The predicted octanol–water partition coefficient (Wildman–Crippen LogP) is 4.44. The number of hydrogen-bond acceptors (Lipinski definition) is 1. The van der Waals surface area contributed by atoms with Crippen molar-refractivity contribution in [2.24, 2.45) is 5.41 Å². The Morgan fingerprint density at radius 2 is 2.00 bits per heavy atom. The molecule has 1 unspecified atom stereocenters. The average Bonchev–Trinajstić information content (AvgIpc) is 3.06. The smallest absolute Gasteiger partial charge is 0.0690 e. The summed E-state index contributed by atoms with van der Waals surface area (Å²) < 4.78 is 0. The van der Waals surface area contributed by atoms with Crippen molar-refractivity contribution in [1.82, 2.24) is 0 Å². The van der Waals surface area contributed by atoms with Crippen LogP contribution in [-0.4, -0.2) is 10.7 Å². The van der Waals surface area contributed by atoms with Gasteiger partial charge >= 0.3 is 0 Å². The summed E-state index contributed by atoms with van der Waals surface area (Å²) in [6.07, 6.45) is 8.16. The first-order chi connectivity index (χ1) is 8.96. The van der Waals surface area contributed by atoms with E-state index in [-0.39, 0.29) is 5.60 Å². The Kier molecular flexibility index (Phi) is 3.21. The summed E-state index contributed by atoms with van der Waals surface area (Å²) in [7, 11) is 0. The van der Waals surface area contributed by atoms with Crippen LogP contribution in [0.1, 0.15) is 69.4 Å². The van der Waals surface area contributed by atoms with E-state index in [1.165, 1.54) is 36.8 Å². The van der Waals surface area contributed by atoms with Gasteiger partial charge in [0, 0.05) is 6.42 Å². The van der Waals surface area contributed by atoms with Gasteiger partial charge in [-0.3, -0.25) is 0 Å². The van der Waals surface area contributed by atoms with Crippen LogP contribution >= 0.6 is 0 Å². The Bertz CT molecular complexity index is 457. The molecule has 19 heavy (non-hydrogen) atoms. The molecule has 2 fully saturated rings. The van der Waals surface area contributed by atoms with Crippen LogP contribution in [0.2, 0.25) is 0 Å². The molecule has 104 valence electrons. The van der Waals surface area contributed by atoms with Crippen molar-refractivity contribution >= 4 is 0 Å². The first kappa shape index (κ1) is 13.2. The molecule has 1 aromatic carbocycles. The molecule has 0 aromatic heterocycles. The maximum Gasteiger partial charge on any atom is 0.0690 e. The Morgan fingerprint density at radius 3 is 2.68 bits per heavy atom. The van der Waals surface area contributed by atoms with Crippen molar-refractivity contribution in [3.05, 3.63) is 35.4 Å². The number of aliphatic hydroxyl groups is 1. The summed E-state index contributed by atoms with van der Waals surface area (Å²) >= 11 is 0. The van der Waals surface area contributed by atoms with Crippen molar-refractivity contribution in [3.63, 3.8) is 0 Å². The number of rotatable bonds is 3. The van der Waals surface area contributed by atoms with Crippen LogP contribution in [-0.2, 0) is 6.42 Å². The van der Waals surface area contributed by atoms with Gasteiger partial charge in [-0.25, -0.2) is 0 Å². The third kappa shape index (κ3) is 3.20. The van der Waals surface area contributed by atoms with Crippen LogP contribution in [0.15, 0.2) is 24.3 Å². The van der Waals surface area contributed by atoms with Crippen LogP contribution in [0.25, 0.3) is 0 Å². The van der Waals surface area contributed by atoms with Crippen molar-refractivity contribution in [2.45, 2.75) is 70.3 Å². The van der Waals surface area contributed by atoms with E-state index in [2.05, 4.69) is 38.1 Å². The maximum absolute atomic E-state index is 10.1. The molecule has 1 heteroatoms. The Balaban J connectivity index is 1.75. The SMILES string of the molecule is CC1(C)CCCC(c2cccc(CC3(O)CC3)c2)C1. The maximum atomic E-state index is 10.1. The average molecular weight is 258 g/mol. The third-order valence-electron chi connectivity index (χ3n) is 4.99. The van der Waals surface area contributed by atoms with Gasteiger partial charge in [-0.15, -0.1) is 0 Å². The molecule has 1 N–H and O–H groups in total. The summed E-state index contributed by atoms with van der Waals surface area (Å²) in [5.74, 6) is 0.720. The van der Waals surface area contributed by atoms with E-state index in [1.54, 1.807) is 0 Å². The molecule has 2 saturated carbocycles. The molecule has 0 aliphatic heterocycles. The lowest BCUT2D eigenvalue weighted by Gasteiger charge is -2.35. The normalized spacial score (nSPS) is 28.1. The monoisotopic (exact) mass is 258 g/mol. The van der Waals surface area contributed by atoms with E-state index in [9.17, 15) is 5.11 Å². The highest BCUT2D eigenvalue weighted by atomic mass is 16.3. The van der Waals surface area contributed by atoms with Gasteiger partial charge in [0.05, 0.1) is 5.60 Å². The van der Waals surface area contributed by atoms with Crippen LogP contribution in [0, 0.1) is 5.41 Å². The fourth-order valence-corrected chi connectivity index (χ4v) is 3.64. The highest BCUT2D eigenvalue weighted by molar-refractivity contribution is 5.29. The van der Waals surface area contributed by atoms with Crippen LogP contribution in [0.5, 0.6) is 0 Å². The van der Waals surface area contributed by atoms with Gasteiger partial charge in [-0.1, -0.05) is 44.5 Å². The molecule has 0 amide bonds. The minimum atomic E-state index is -0.371. The van der Waals surface area contributed by atoms with Crippen LogP contribution in [0.4, 0.5) is 0 Å². The Hall–Kier alpha value is -0.820. The van der Waals surface area contributed by atoms with E-state index in [0.717, 1.165) is 25.2 Å². The lowest BCUT2D eigenvalue weighted by Crippen LogP contribution is -2.21. The van der Waals surface area contributed by atoms with E-state index >= 15 is 0 Å². The summed E-state index contributed by atoms with van der Waals surface area (Å²) in [5.41, 5.74) is 2.94. The second-order valence-electron chi connectivity index (χ2n) is 7.60. The molecule has 2 aliphatic rings. The van der Waals surface area contributed by atoms with Gasteiger partial charge in [-0.05, 0) is 54.6 Å². The second kappa shape index (κ2) is 4.63. The highest BCUT2D eigenvalue weighted by Gasteiger charge is 2.40. The first-order valence-electron chi connectivity index (χ1n) is 7.77. The second-order valence-corrected chi connectivity index (χ2v) is 7.60. The minimum absolute atomic E-state index is 0.371. The fourth-order valence-electron chi connectivity index (χ4n) is 3.64. The quantitative estimate of drug-likeness (QED) is 0.850. The molecule has 1 nitrogen and oxygen atoms in total. The van der Waals surface area contributed by atoms with Crippen molar-refractivity contribution in [1.29, 1.82) is 0 Å². The van der Waals surface area contributed by atoms with Gasteiger partial charge in [0.15, 0.2) is 0 Å². The summed E-state index contributed by atoms with van der Waals surface area (Å²) in [5, 5.41) is 10.1. The molecule has 3 rings (SSSR count). The zero-order valence-electron chi connectivity index (χ0n) is 12.3. The van der Waals surface area contributed by atoms with Gasteiger partial charge in [0.1, 0.15) is 0 Å². The van der Waals surface area contributed by atoms with E-state index in [0.29, 0.717) is 5.41 Å². The lowest BCUT2D eigenvalue weighted by atomic mass is 9.70. The Labute approximate surface area is 117 Å². The highest BCUT2D eigenvalue weighted by Crippen LogP contribution is 2.44. The van der Waals surface area contributed by atoms with Gasteiger partial charge in [0.2, 0.25) is 0 Å². The van der Waals surface area contributed by atoms with Crippen LogP contribution in [0.3, 0.4) is 0 Å². The molecule has 0 bridgehead atoms. The molecule has 1 atom stereocenters. The lowest BCUT2D eigenvalue weighted by molar-refractivity contribution is 0.151. The van der Waals surface area contributed by atoms with E-state index in [1.807, 2.05) is 0 Å². The molecular formula is C18H26O. The Morgan fingerprint density at radius 1 is 1.21 bits per heavy atom. The largest absolute Gasteiger partial charge is 0.390 e.